The summed E-state index contributed by atoms with van der Waals surface area (Å²) >= 11 is 0. The predicted molar refractivity (Wildman–Crippen MR) is 358 cm³/mol. The van der Waals surface area contributed by atoms with E-state index in [2.05, 4.69) is 34.6 Å². The summed E-state index contributed by atoms with van der Waals surface area (Å²) < 4.78 is 68.0. The van der Waals surface area contributed by atoms with Gasteiger partial charge in [0.25, 0.3) is 0 Å². The van der Waals surface area contributed by atoms with Gasteiger partial charge in [0.05, 0.1) is 26.4 Å². The first kappa shape index (κ1) is 87.1. The Bertz CT molecular complexity index is 1720. The van der Waals surface area contributed by atoms with Gasteiger partial charge in [-0.15, -0.1) is 0 Å². The second-order valence-electron chi connectivity index (χ2n) is 25.7. The molecule has 0 rings (SSSR count). The number of ether oxygens (including phenoxy) is 4. The average Bonchev–Trinajstić information content (AvgIpc) is 3.52. The van der Waals surface area contributed by atoms with Crippen molar-refractivity contribution >= 4 is 39.5 Å². The Morgan fingerprint density at radius 1 is 0.303 bits per heavy atom. The van der Waals surface area contributed by atoms with Crippen LogP contribution < -0.4 is 0 Å². The summed E-state index contributed by atoms with van der Waals surface area (Å²) in [6.07, 6.45) is 50.4. The van der Waals surface area contributed by atoms with E-state index in [1.54, 1.807) is 0 Å². The van der Waals surface area contributed by atoms with Crippen molar-refractivity contribution in [3.8, 4) is 0 Å². The number of carbonyl (C=O) groups is 4. The Morgan fingerprint density at radius 2 is 0.517 bits per heavy atom. The molecule has 0 bridgehead atoms. The van der Waals surface area contributed by atoms with Gasteiger partial charge in [-0.05, 0) is 31.6 Å². The van der Waals surface area contributed by atoms with Gasteiger partial charge in [-0.3, -0.25) is 37.3 Å². The zero-order chi connectivity index (χ0) is 65.6. The van der Waals surface area contributed by atoms with E-state index >= 15 is 0 Å². The third-order valence-corrected chi connectivity index (χ3v) is 18.2. The molecule has 0 heterocycles. The molecule has 0 radical (unpaired) electrons. The van der Waals surface area contributed by atoms with Crippen LogP contribution in [0.2, 0.25) is 0 Å². The highest BCUT2D eigenvalue weighted by Crippen LogP contribution is 2.45. The zero-order valence-corrected chi connectivity index (χ0v) is 59.4. The Labute approximate surface area is 543 Å². The smallest absolute Gasteiger partial charge is 0.462 e. The molecule has 0 aliphatic heterocycles. The molecule has 0 saturated heterocycles. The summed E-state index contributed by atoms with van der Waals surface area (Å²) in [5, 5.41) is 10.5. The Balaban J connectivity index is 5.13. The molecule has 0 aliphatic rings. The van der Waals surface area contributed by atoms with Crippen LogP contribution in [0.5, 0.6) is 0 Å². The lowest BCUT2D eigenvalue weighted by Gasteiger charge is -2.21. The number of esters is 4. The van der Waals surface area contributed by atoms with Gasteiger partial charge in [-0.25, -0.2) is 9.13 Å². The van der Waals surface area contributed by atoms with Crippen LogP contribution >= 0.6 is 15.6 Å². The third-order valence-electron chi connectivity index (χ3n) is 16.3. The first-order chi connectivity index (χ1) is 43.0. The lowest BCUT2D eigenvalue weighted by atomic mass is 10.0. The van der Waals surface area contributed by atoms with E-state index in [4.69, 9.17) is 37.0 Å². The van der Waals surface area contributed by atoms with E-state index in [-0.39, 0.29) is 25.7 Å². The van der Waals surface area contributed by atoms with E-state index in [9.17, 15) is 43.2 Å². The molecule has 0 fully saturated rings. The van der Waals surface area contributed by atoms with Crippen LogP contribution in [0, 0.1) is 5.92 Å². The maximum atomic E-state index is 13.0. The summed E-state index contributed by atoms with van der Waals surface area (Å²) in [7, 11) is -9.89. The Hall–Kier alpha value is -1.94. The number of hydrogen-bond acceptors (Lipinski definition) is 15. The molecule has 2 unspecified atom stereocenters. The molecule has 3 N–H and O–H groups in total. The molecule has 19 heteroatoms. The predicted octanol–water partition coefficient (Wildman–Crippen LogP) is 20.1. The van der Waals surface area contributed by atoms with Crippen molar-refractivity contribution in [2.45, 2.75) is 380 Å². The van der Waals surface area contributed by atoms with Crippen molar-refractivity contribution in [2.24, 2.45) is 5.92 Å². The van der Waals surface area contributed by atoms with Gasteiger partial charge >= 0.3 is 39.5 Å². The highest BCUT2D eigenvalue weighted by Gasteiger charge is 2.30. The fourth-order valence-electron chi connectivity index (χ4n) is 10.6. The van der Waals surface area contributed by atoms with E-state index in [1.165, 1.54) is 161 Å². The average molecular weight is 1310 g/mol. The first-order valence-electron chi connectivity index (χ1n) is 36.6. The molecule has 0 aromatic carbocycles. The van der Waals surface area contributed by atoms with Crippen molar-refractivity contribution in [1.82, 2.24) is 0 Å². The standard InChI is InChI=1S/C70H136O17P2/c1-6-9-12-15-18-19-20-21-22-23-24-25-26-27-28-33-36-41-46-51-56-70(75)87-66(60-81-68(73)54-49-44-40-35-32-30-29-31-34-39-42-47-52-63(4)5)62-85-89(78,79)83-58-64(71)57-82-88(76,77)84-61-65(86-69(74)55-50-45-38-17-14-11-8-3)59-80-67(72)53-48-43-37-16-13-10-7-2/h63-66,71H,6-62H2,1-5H3,(H,76,77)(H,78,79)/t64-,65+,66+/m0/s1. The molecule has 528 valence electrons. The van der Waals surface area contributed by atoms with E-state index in [1.807, 2.05) is 0 Å². The van der Waals surface area contributed by atoms with Crippen LogP contribution in [0.1, 0.15) is 362 Å². The van der Waals surface area contributed by atoms with Gasteiger partial charge in [0.15, 0.2) is 12.2 Å². The highest BCUT2D eigenvalue weighted by atomic mass is 31.2. The van der Waals surface area contributed by atoms with Gasteiger partial charge in [0.2, 0.25) is 0 Å². The van der Waals surface area contributed by atoms with Gasteiger partial charge in [0, 0.05) is 25.7 Å². The maximum Gasteiger partial charge on any atom is 0.472 e. The number of unbranched alkanes of at least 4 members (excludes halogenated alkanes) is 42. The minimum atomic E-state index is -4.95. The summed E-state index contributed by atoms with van der Waals surface area (Å²) in [5.41, 5.74) is 0. The van der Waals surface area contributed by atoms with Crippen molar-refractivity contribution in [1.29, 1.82) is 0 Å². The normalized spacial score (nSPS) is 14.1. The molecular formula is C70H136O17P2. The van der Waals surface area contributed by atoms with Crippen LogP contribution in [-0.2, 0) is 65.4 Å². The van der Waals surface area contributed by atoms with Crippen molar-refractivity contribution < 1.29 is 80.2 Å². The van der Waals surface area contributed by atoms with Crippen LogP contribution in [0.4, 0.5) is 0 Å². The molecular weight excluding hydrogens is 1170 g/mol. The SMILES string of the molecule is CCCCCCCCCCCCCCCCCCCCCCC(=O)O[C@H](COC(=O)CCCCCCCCCCCCCCC(C)C)COP(=O)(O)OC[C@@H](O)COP(=O)(O)OC[C@@H](COC(=O)CCCCCCCCC)OC(=O)CCCCCCCCC. The Kier molecular flexibility index (Phi) is 62.1. The quantitative estimate of drug-likeness (QED) is 0.0222. The van der Waals surface area contributed by atoms with Gasteiger partial charge in [0.1, 0.15) is 19.3 Å². The molecule has 0 aromatic rings. The summed E-state index contributed by atoms with van der Waals surface area (Å²) in [6.45, 7) is 7.17. The molecule has 17 nitrogen and oxygen atoms in total. The molecule has 0 aliphatic carbocycles. The van der Waals surface area contributed by atoms with Crippen molar-refractivity contribution in [3.63, 3.8) is 0 Å². The fourth-order valence-corrected chi connectivity index (χ4v) is 12.2. The molecule has 0 spiro atoms. The van der Waals surface area contributed by atoms with Crippen molar-refractivity contribution in [2.75, 3.05) is 39.6 Å². The summed E-state index contributed by atoms with van der Waals surface area (Å²) in [5.74, 6) is -1.35. The maximum absolute atomic E-state index is 13.0. The van der Waals surface area contributed by atoms with E-state index < -0.39 is 97.5 Å². The fraction of sp³-hybridized carbons (Fsp3) is 0.943. The number of aliphatic hydroxyl groups excluding tert-OH is 1. The largest absolute Gasteiger partial charge is 0.472 e. The Morgan fingerprint density at radius 3 is 0.764 bits per heavy atom. The highest BCUT2D eigenvalue weighted by molar-refractivity contribution is 7.47. The molecule has 5 atom stereocenters. The van der Waals surface area contributed by atoms with Crippen LogP contribution in [0.3, 0.4) is 0 Å². The minimum Gasteiger partial charge on any atom is -0.462 e. The van der Waals surface area contributed by atoms with E-state index in [0.29, 0.717) is 25.7 Å². The molecule has 89 heavy (non-hydrogen) atoms. The van der Waals surface area contributed by atoms with Gasteiger partial charge in [-0.2, -0.15) is 0 Å². The molecule has 0 amide bonds. The zero-order valence-electron chi connectivity index (χ0n) is 57.6. The topological polar surface area (TPSA) is 237 Å². The third kappa shape index (κ3) is 64.6. The van der Waals surface area contributed by atoms with Crippen LogP contribution in [-0.4, -0.2) is 96.7 Å². The lowest BCUT2D eigenvalue weighted by Crippen LogP contribution is -2.30. The minimum absolute atomic E-state index is 0.104. The molecule has 0 aromatic heterocycles. The molecule has 0 saturated carbocycles. The van der Waals surface area contributed by atoms with E-state index in [0.717, 1.165) is 121 Å². The van der Waals surface area contributed by atoms with Crippen molar-refractivity contribution in [3.05, 3.63) is 0 Å². The number of phosphoric ester groups is 2. The number of rotatable bonds is 70. The summed E-state index contributed by atoms with van der Waals surface area (Å²) in [4.78, 5) is 72.2. The second kappa shape index (κ2) is 63.5. The van der Waals surface area contributed by atoms with Gasteiger partial charge in [-0.1, -0.05) is 311 Å². The van der Waals surface area contributed by atoms with Crippen LogP contribution in [0.25, 0.3) is 0 Å². The van der Waals surface area contributed by atoms with Gasteiger partial charge < -0.3 is 33.8 Å². The number of carbonyl (C=O) groups excluding carboxylic acids is 4. The first-order valence-corrected chi connectivity index (χ1v) is 39.6. The number of aliphatic hydroxyl groups is 1. The number of phosphoric acid groups is 2. The monoisotopic (exact) mass is 1310 g/mol. The summed E-state index contributed by atoms with van der Waals surface area (Å²) in [6, 6.07) is 0. The van der Waals surface area contributed by atoms with Crippen LogP contribution in [0.15, 0.2) is 0 Å². The second-order valence-corrected chi connectivity index (χ2v) is 28.7. The lowest BCUT2D eigenvalue weighted by molar-refractivity contribution is -0.161. The number of hydrogen-bond donors (Lipinski definition) is 3.